The van der Waals surface area contributed by atoms with Crippen LogP contribution in [0.4, 0.5) is 10.5 Å². The van der Waals surface area contributed by atoms with E-state index in [1.807, 2.05) is 19.1 Å². The van der Waals surface area contributed by atoms with E-state index in [9.17, 15) is 24.3 Å². The topological polar surface area (TPSA) is 125 Å². The summed E-state index contributed by atoms with van der Waals surface area (Å²) in [4.78, 5) is 48.8. The Bertz CT molecular complexity index is 1100. The van der Waals surface area contributed by atoms with Crippen molar-refractivity contribution >= 4 is 46.5 Å². The second-order valence-electron chi connectivity index (χ2n) is 6.75. The number of carbonyl (C=O) groups is 4. The average Bonchev–Trinajstić information content (AvgIpc) is 3.01. The molecule has 1 aliphatic heterocycles. The zero-order valence-electron chi connectivity index (χ0n) is 17.2. The van der Waals surface area contributed by atoms with Gasteiger partial charge in [-0.25, -0.2) is 0 Å². The normalized spacial score (nSPS) is 14.6. The number of aryl methyl sites for hydroxylation is 1. The maximum atomic E-state index is 12.7. The fraction of sp³-hybridized carbons (Fsp3) is 0.182. The Kier molecular flexibility index (Phi) is 7.16. The summed E-state index contributed by atoms with van der Waals surface area (Å²) in [7, 11) is 1.38. The molecule has 2 aromatic carbocycles. The van der Waals surface area contributed by atoms with E-state index in [0.29, 0.717) is 11.3 Å². The maximum Gasteiger partial charge on any atom is 0.294 e. The van der Waals surface area contributed by atoms with Gasteiger partial charge in [-0.05, 0) is 54.6 Å². The molecule has 166 valence electrons. The Morgan fingerprint density at radius 3 is 2.50 bits per heavy atom. The zero-order valence-corrected chi connectivity index (χ0v) is 18.1. The molecule has 0 bridgehead atoms. The minimum absolute atomic E-state index is 0.142. The molecule has 3 rings (SSSR count). The Morgan fingerprint density at radius 2 is 1.84 bits per heavy atom. The first-order valence-electron chi connectivity index (χ1n) is 9.39. The van der Waals surface area contributed by atoms with E-state index in [-0.39, 0.29) is 16.4 Å². The SMILES string of the molecule is COc1cc(/C=C2\SC(=O)N(CC(=O)Nc3ccc(C)cc3)C2=O)ccc1OCC(=O)[O-]. The standard InChI is InChI=1S/C22H20N2O7S/c1-13-3-6-15(7-4-13)23-19(25)11-24-21(28)18(32-22(24)29)10-14-5-8-16(17(9-14)30-2)31-12-20(26)27/h3-10H,11-12H2,1-2H3,(H,23,25)(H,26,27)/p-1/b18-10-. The van der Waals surface area contributed by atoms with Crippen molar-refractivity contribution in [1.29, 1.82) is 0 Å². The number of anilines is 1. The van der Waals surface area contributed by atoms with E-state index in [0.717, 1.165) is 22.2 Å². The van der Waals surface area contributed by atoms with Crippen LogP contribution in [-0.4, -0.2) is 48.2 Å². The summed E-state index contributed by atoms with van der Waals surface area (Å²) in [6.45, 7) is 0.871. The van der Waals surface area contributed by atoms with Crippen LogP contribution in [0.3, 0.4) is 0 Å². The van der Waals surface area contributed by atoms with Crippen molar-refractivity contribution in [2.24, 2.45) is 0 Å². The van der Waals surface area contributed by atoms with Crippen molar-refractivity contribution in [2.75, 3.05) is 25.6 Å². The number of carboxylic acids is 1. The number of thioether (sulfide) groups is 1. The lowest BCUT2D eigenvalue weighted by atomic mass is 10.2. The number of nitrogens with one attached hydrogen (secondary N) is 1. The van der Waals surface area contributed by atoms with Gasteiger partial charge >= 0.3 is 0 Å². The number of nitrogens with zero attached hydrogens (tertiary/aromatic N) is 1. The predicted octanol–water partition coefficient (Wildman–Crippen LogP) is 1.81. The summed E-state index contributed by atoms with van der Waals surface area (Å²) in [6.07, 6.45) is 1.48. The third-order valence-electron chi connectivity index (χ3n) is 4.34. The third-order valence-corrected chi connectivity index (χ3v) is 5.25. The lowest BCUT2D eigenvalue weighted by Crippen LogP contribution is -2.36. The summed E-state index contributed by atoms with van der Waals surface area (Å²) in [5.74, 6) is -2.02. The molecule has 0 radical (unpaired) electrons. The third kappa shape index (κ3) is 5.67. The van der Waals surface area contributed by atoms with E-state index >= 15 is 0 Å². The number of aliphatic carboxylic acids is 1. The highest BCUT2D eigenvalue weighted by atomic mass is 32.2. The fourth-order valence-corrected chi connectivity index (χ4v) is 3.64. The lowest BCUT2D eigenvalue weighted by Gasteiger charge is -2.13. The Morgan fingerprint density at radius 1 is 1.12 bits per heavy atom. The van der Waals surface area contributed by atoms with Crippen LogP contribution in [0.15, 0.2) is 47.4 Å². The number of hydrogen-bond donors (Lipinski definition) is 1. The van der Waals surface area contributed by atoms with Gasteiger partial charge in [0.05, 0.1) is 18.0 Å². The molecule has 1 heterocycles. The Labute approximate surface area is 188 Å². The molecule has 1 fully saturated rings. The van der Waals surface area contributed by atoms with Crippen LogP contribution in [0.1, 0.15) is 11.1 Å². The molecule has 9 nitrogen and oxygen atoms in total. The molecule has 3 amide bonds. The highest BCUT2D eigenvalue weighted by molar-refractivity contribution is 8.18. The van der Waals surface area contributed by atoms with Crippen LogP contribution in [0.5, 0.6) is 11.5 Å². The van der Waals surface area contributed by atoms with Gasteiger partial charge < -0.3 is 24.7 Å². The number of imide groups is 1. The van der Waals surface area contributed by atoms with Gasteiger partial charge in [-0.2, -0.15) is 0 Å². The van der Waals surface area contributed by atoms with E-state index in [4.69, 9.17) is 9.47 Å². The minimum Gasteiger partial charge on any atom is -0.546 e. The van der Waals surface area contributed by atoms with Crippen molar-refractivity contribution in [3.05, 3.63) is 58.5 Å². The van der Waals surface area contributed by atoms with Gasteiger partial charge in [0.1, 0.15) is 13.2 Å². The molecule has 1 aliphatic rings. The highest BCUT2D eigenvalue weighted by Crippen LogP contribution is 2.34. The molecule has 0 aliphatic carbocycles. The first-order valence-corrected chi connectivity index (χ1v) is 10.2. The van der Waals surface area contributed by atoms with Crippen molar-refractivity contribution in [1.82, 2.24) is 4.90 Å². The van der Waals surface area contributed by atoms with Gasteiger partial charge in [0.25, 0.3) is 11.1 Å². The Balaban J connectivity index is 1.70. The number of carbonyl (C=O) groups excluding carboxylic acids is 4. The molecule has 10 heteroatoms. The molecule has 0 saturated carbocycles. The molecule has 1 N–H and O–H groups in total. The number of amides is 3. The van der Waals surface area contributed by atoms with E-state index in [1.165, 1.54) is 25.3 Å². The molecule has 2 aromatic rings. The number of benzene rings is 2. The first kappa shape index (κ1) is 22.9. The molecule has 0 atom stereocenters. The van der Waals surface area contributed by atoms with Gasteiger partial charge in [0, 0.05) is 5.69 Å². The molecule has 32 heavy (non-hydrogen) atoms. The quantitative estimate of drug-likeness (QED) is 0.598. The summed E-state index contributed by atoms with van der Waals surface area (Å²) in [6, 6.07) is 11.7. The van der Waals surface area contributed by atoms with Crippen molar-refractivity contribution in [3.8, 4) is 11.5 Å². The van der Waals surface area contributed by atoms with Gasteiger partial charge in [-0.15, -0.1) is 0 Å². The predicted molar refractivity (Wildman–Crippen MR) is 116 cm³/mol. The number of ether oxygens (including phenoxy) is 2. The Hall–Kier alpha value is -3.79. The summed E-state index contributed by atoms with van der Waals surface area (Å²) in [5, 5.41) is 12.7. The van der Waals surface area contributed by atoms with Gasteiger partial charge in [-0.1, -0.05) is 23.8 Å². The largest absolute Gasteiger partial charge is 0.546 e. The van der Waals surface area contributed by atoms with Crippen LogP contribution in [-0.2, 0) is 14.4 Å². The highest BCUT2D eigenvalue weighted by Gasteiger charge is 2.36. The van der Waals surface area contributed by atoms with Crippen molar-refractivity contribution < 1.29 is 33.8 Å². The van der Waals surface area contributed by atoms with Crippen LogP contribution >= 0.6 is 11.8 Å². The smallest absolute Gasteiger partial charge is 0.294 e. The number of methoxy groups -OCH3 is 1. The maximum absolute atomic E-state index is 12.7. The molecule has 1 saturated heterocycles. The van der Waals surface area contributed by atoms with E-state index in [2.05, 4.69) is 5.32 Å². The molecule has 0 aromatic heterocycles. The average molecular weight is 455 g/mol. The summed E-state index contributed by atoms with van der Waals surface area (Å²) >= 11 is 0.719. The van der Waals surface area contributed by atoms with Gasteiger partial charge in [0.15, 0.2) is 11.5 Å². The van der Waals surface area contributed by atoms with Crippen LogP contribution in [0, 0.1) is 6.92 Å². The molecular weight excluding hydrogens is 436 g/mol. The van der Waals surface area contributed by atoms with Crippen molar-refractivity contribution in [2.45, 2.75) is 6.92 Å². The monoisotopic (exact) mass is 455 g/mol. The van der Waals surface area contributed by atoms with Crippen molar-refractivity contribution in [3.63, 3.8) is 0 Å². The van der Waals surface area contributed by atoms with Crippen LogP contribution in [0.2, 0.25) is 0 Å². The summed E-state index contributed by atoms with van der Waals surface area (Å²) in [5.41, 5.74) is 2.13. The number of carboxylic acid groups (broad SMARTS) is 1. The summed E-state index contributed by atoms with van der Waals surface area (Å²) < 4.78 is 10.3. The first-order chi connectivity index (χ1) is 15.3. The molecule has 0 unspecified atom stereocenters. The second-order valence-corrected chi connectivity index (χ2v) is 7.75. The number of rotatable bonds is 8. The molecular formula is C22H19N2O7S-. The molecule has 0 spiro atoms. The fourth-order valence-electron chi connectivity index (χ4n) is 2.80. The number of hydrogen-bond acceptors (Lipinski definition) is 8. The van der Waals surface area contributed by atoms with Gasteiger partial charge in [0.2, 0.25) is 5.91 Å². The lowest BCUT2D eigenvalue weighted by molar-refractivity contribution is -0.307. The van der Waals surface area contributed by atoms with Crippen LogP contribution in [0.25, 0.3) is 6.08 Å². The minimum atomic E-state index is -1.38. The zero-order chi connectivity index (χ0) is 23.3. The van der Waals surface area contributed by atoms with E-state index < -0.39 is 36.2 Å². The van der Waals surface area contributed by atoms with Crippen LogP contribution < -0.4 is 19.9 Å². The van der Waals surface area contributed by atoms with E-state index in [1.54, 1.807) is 18.2 Å². The second kappa shape index (κ2) is 10.0. The van der Waals surface area contributed by atoms with Gasteiger partial charge in [-0.3, -0.25) is 19.3 Å².